The molecular weight excluding hydrogens is 312 g/mol. The fourth-order valence-electron chi connectivity index (χ4n) is 3.04. The van der Waals surface area contributed by atoms with Crippen molar-refractivity contribution >= 4 is 11.9 Å². The highest BCUT2D eigenvalue weighted by Crippen LogP contribution is 2.46. The average molecular weight is 345 g/mol. The zero-order chi connectivity index (χ0) is 18.7. The number of carbonyl (C=O) groups excluding carboxylic acids is 1. The van der Waals surface area contributed by atoms with Crippen LogP contribution in [0.5, 0.6) is 0 Å². The molecule has 1 heterocycles. The van der Waals surface area contributed by atoms with Crippen molar-refractivity contribution in [2.24, 2.45) is 10.4 Å². The second-order valence-corrected chi connectivity index (χ2v) is 7.89. The smallest absolute Gasteiger partial charge is 0.251 e. The zero-order valence-electron chi connectivity index (χ0n) is 16.4. The van der Waals surface area contributed by atoms with Crippen molar-refractivity contribution in [3.63, 3.8) is 0 Å². The molecule has 0 spiro atoms. The van der Waals surface area contributed by atoms with Crippen LogP contribution in [0.4, 0.5) is 0 Å². The van der Waals surface area contributed by atoms with E-state index in [-0.39, 0.29) is 16.9 Å². The van der Waals surface area contributed by atoms with Gasteiger partial charge in [0.15, 0.2) is 5.96 Å². The highest BCUT2D eigenvalue weighted by Gasteiger charge is 2.53. The number of nitrogens with one attached hydrogen (secondary N) is 2. The minimum absolute atomic E-state index is 0.0151. The largest absolute Gasteiger partial charge is 0.352 e. The van der Waals surface area contributed by atoms with Crippen molar-refractivity contribution in [1.82, 2.24) is 15.5 Å². The molecule has 0 aliphatic carbocycles. The molecule has 1 aliphatic rings. The Hall–Kier alpha value is -2.04. The lowest BCUT2D eigenvalue weighted by molar-refractivity contribution is -0.0667. The van der Waals surface area contributed by atoms with Crippen LogP contribution in [0.25, 0.3) is 0 Å². The van der Waals surface area contributed by atoms with E-state index in [2.05, 4.69) is 48.2 Å². The summed E-state index contributed by atoms with van der Waals surface area (Å²) in [5, 5.41) is 6.35. The minimum Gasteiger partial charge on any atom is -0.352 e. The van der Waals surface area contributed by atoms with Gasteiger partial charge in [-0.1, -0.05) is 32.9 Å². The molecule has 2 rings (SSSR count). The molecule has 1 fully saturated rings. The van der Waals surface area contributed by atoms with E-state index in [9.17, 15) is 4.79 Å². The molecule has 1 saturated heterocycles. The van der Waals surface area contributed by atoms with Gasteiger partial charge in [0.25, 0.3) is 5.91 Å². The van der Waals surface area contributed by atoms with Crippen LogP contribution in [0.15, 0.2) is 29.3 Å². The number of carbonyl (C=O) groups is 1. The second-order valence-electron chi connectivity index (χ2n) is 7.89. The summed E-state index contributed by atoms with van der Waals surface area (Å²) >= 11 is 0. The maximum absolute atomic E-state index is 12.1. The average Bonchev–Trinajstić information content (AvgIpc) is 2.59. The van der Waals surface area contributed by atoms with Crippen molar-refractivity contribution in [3.05, 3.63) is 35.4 Å². The van der Waals surface area contributed by atoms with Crippen LogP contribution < -0.4 is 10.6 Å². The zero-order valence-corrected chi connectivity index (χ0v) is 16.4. The number of nitrogens with zero attached hydrogens (tertiary/aromatic N) is 2. The molecule has 0 atom stereocenters. The van der Waals surface area contributed by atoms with Gasteiger partial charge in [0.2, 0.25) is 0 Å². The molecular formula is C20H32N4O. The summed E-state index contributed by atoms with van der Waals surface area (Å²) in [5.74, 6) is 0.892. The molecule has 25 heavy (non-hydrogen) atoms. The summed E-state index contributed by atoms with van der Waals surface area (Å²) in [7, 11) is 1.82. The third-order valence-electron chi connectivity index (χ3n) is 5.53. The first-order valence-electron chi connectivity index (χ1n) is 9.08. The fraction of sp³-hybridized carbons (Fsp3) is 0.600. The molecule has 0 unspecified atom stereocenters. The van der Waals surface area contributed by atoms with E-state index in [1.807, 2.05) is 38.2 Å². The van der Waals surface area contributed by atoms with Crippen molar-refractivity contribution in [2.75, 3.05) is 20.1 Å². The normalized spacial score (nSPS) is 18.5. The maximum Gasteiger partial charge on any atom is 0.251 e. The predicted octanol–water partition coefficient (Wildman–Crippen LogP) is 3.02. The van der Waals surface area contributed by atoms with E-state index < -0.39 is 0 Å². The molecule has 5 heteroatoms. The molecule has 1 amide bonds. The number of hydrogen-bond acceptors (Lipinski definition) is 2. The van der Waals surface area contributed by atoms with Crippen molar-refractivity contribution in [2.45, 2.75) is 53.1 Å². The Morgan fingerprint density at radius 3 is 2.52 bits per heavy atom. The molecule has 138 valence electrons. The highest BCUT2D eigenvalue weighted by atomic mass is 16.1. The fourth-order valence-corrected chi connectivity index (χ4v) is 3.04. The Labute approximate surface area is 151 Å². The summed E-state index contributed by atoms with van der Waals surface area (Å²) in [6.45, 7) is 13.5. The van der Waals surface area contributed by atoms with Gasteiger partial charge in [0.05, 0.1) is 0 Å². The third-order valence-corrected chi connectivity index (χ3v) is 5.53. The monoisotopic (exact) mass is 344 g/mol. The van der Waals surface area contributed by atoms with E-state index in [0.717, 1.165) is 24.5 Å². The lowest BCUT2D eigenvalue weighted by Gasteiger charge is -2.62. The van der Waals surface area contributed by atoms with Gasteiger partial charge >= 0.3 is 0 Å². The lowest BCUT2D eigenvalue weighted by Crippen LogP contribution is -2.72. The Kier molecular flexibility index (Phi) is 5.76. The van der Waals surface area contributed by atoms with Gasteiger partial charge in [-0.05, 0) is 38.0 Å². The summed E-state index contributed by atoms with van der Waals surface area (Å²) in [5.41, 5.74) is 2.11. The molecule has 0 aromatic heterocycles. The van der Waals surface area contributed by atoms with Gasteiger partial charge in [-0.15, -0.1) is 0 Å². The van der Waals surface area contributed by atoms with E-state index in [1.54, 1.807) is 0 Å². The Morgan fingerprint density at radius 2 is 1.96 bits per heavy atom. The van der Waals surface area contributed by atoms with Gasteiger partial charge in [0, 0.05) is 43.2 Å². The van der Waals surface area contributed by atoms with Gasteiger partial charge in [0.1, 0.15) is 0 Å². The van der Waals surface area contributed by atoms with Crippen LogP contribution in [0, 0.1) is 5.41 Å². The summed E-state index contributed by atoms with van der Waals surface area (Å²) in [6.07, 6.45) is 0.936. The highest BCUT2D eigenvalue weighted by molar-refractivity contribution is 5.94. The first-order chi connectivity index (χ1) is 11.7. The number of rotatable bonds is 5. The van der Waals surface area contributed by atoms with Crippen LogP contribution in [0.3, 0.4) is 0 Å². The molecule has 0 saturated carbocycles. The predicted molar refractivity (Wildman–Crippen MR) is 104 cm³/mol. The summed E-state index contributed by atoms with van der Waals surface area (Å²) in [4.78, 5) is 18.9. The molecule has 5 nitrogen and oxygen atoms in total. The number of aliphatic imine (C=N–C) groups is 1. The molecule has 1 aliphatic heterocycles. The molecule has 1 aromatic carbocycles. The van der Waals surface area contributed by atoms with Gasteiger partial charge in [-0.25, -0.2) is 0 Å². The van der Waals surface area contributed by atoms with Crippen LogP contribution in [0.1, 0.15) is 57.0 Å². The van der Waals surface area contributed by atoms with Gasteiger partial charge in [-0.3, -0.25) is 9.79 Å². The van der Waals surface area contributed by atoms with E-state index in [1.165, 1.54) is 0 Å². The second kappa shape index (κ2) is 7.46. The standard InChI is InChI=1S/C20H32N4O/c1-7-11-22-17(25)16-10-8-9-15(12-16)13-23-18(21-6)24-14-19(2,3)20(24,4)5/h8-10,12H,7,11,13-14H2,1-6H3,(H,21,23)(H,22,25). The topological polar surface area (TPSA) is 56.7 Å². The first-order valence-corrected chi connectivity index (χ1v) is 9.08. The number of hydrogen-bond donors (Lipinski definition) is 2. The summed E-state index contributed by atoms with van der Waals surface area (Å²) < 4.78 is 0. The van der Waals surface area contributed by atoms with E-state index in [4.69, 9.17) is 0 Å². The van der Waals surface area contributed by atoms with Crippen LogP contribution >= 0.6 is 0 Å². The third kappa shape index (κ3) is 3.97. The van der Waals surface area contributed by atoms with Crippen LogP contribution in [-0.4, -0.2) is 42.4 Å². The molecule has 1 aromatic rings. The number of benzene rings is 1. The molecule has 0 radical (unpaired) electrons. The molecule has 0 bridgehead atoms. The minimum atomic E-state index is -0.0151. The quantitative estimate of drug-likeness (QED) is 0.638. The molecule has 2 N–H and O–H groups in total. The van der Waals surface area contributed by atoms with Crippen molar-refractivity contribution in [3.8, 4) is 0 Å². The Morgan fingerprint density at radius 1 is 1.24 bits per heavy atom. The van der Waals surface area contributed by atoms with Crippen molar-refractivity contribution in [1.29, 1.82) is 0 Å². The lowest BCUT2D eigenvalue weighted by atomic mass is 9.65. The van der Waals surface area contributed by atoms with Crippen molar-refractivity contribution < 1.29 is 4.79 Å². The van der Waals surface area contributed by atoms with Crippen LogP contribution in [0.2, 0.25) is 0 Å². The number of likely N-dealkylation sites (tertiary alicyclic amines) is 1. The number of guanidine groups is 1. The van der Waals surface area contributed by atoms with E-state index >= 15 is 0 Å². The maximum atomic E-state index is 12.1. The SMILES string of the molecule is CCCNC(=O)c1cccc(CNC(=NC)N2CC(C)(C)C2(C)C)c1. The first kappa shape index (κ1) is 19.3. The van der Waals surface area contributed by atoms with Gasteiger partial charge in [-0.2, -0.15) is 0 Å². The van der Waals surface area contributed by atoms with E-state index in [0.29, 0.717) is 18.7 Å². The Balaban J connectivity index is 2.00. The van der Waals surface area contributed by atoms with Gasteiger partial charge < -0.3 is 15.5 Å². The Bertz CT molecular complexity index is 649. The number of amides is 1. The summed E-state index contributed by atoms with van der Waals surface area (Å²) in [6, 6.07) is 7.75. The van der Waals surface area contributed by atoms with Crippen LogP contribution in [-0.2, 0) is 6.54 Å².